The molecule has 2 rings (SSSR count). The first-order valence-corrected chi connectivity index (χ1v) is 8.80. The topological polar surface area (TPSA) is 64.6 Å². The van der Waals surface area contributed by atoms with E-state index in [4.69, 9.17) is 9.47 Å². The van der Waals surface area contributed by atoms with Crippen LogP contribution in [-0.4, -0.2) is 24.6 Å². The number of alkyl halides is 3. The fraction of sp³-hybridized carbons (Fsp3) is 0.238. The summed E-state index contributed by atoms with van der Waals surface area (Å²) in [5, 5.41) is 2.14. The Balaban J connectivity index is 2.01. The summed E-state index contributed by atoms with van der Waals surface area (Å²) in [5.74, 6) is -1.12. The van der Waals surface area contributed by atoms with Crippen LogP contribution in [0.25, 0.3) is 6.08 Å². The fourth-order valence-electron chi connectivity index (χ4n) is 2.40. The lowest BCUT2D eigenvalue weighted by Gasteiger charge is -2.16. The molecule has 0 aromatic heterocycles. The van der Waals surface area contributed by atoms with Gasteiger partial charge >= 0.3 is 12.1 Å². The van der Waals surface area contributed by atoms with Crippen molar-refractivity contribution in [3.63, 3.8) is 0 Å². The summed E-state index contributed by atoms with van der Waals surface area (Å²) in [6.45, 7) is 3.54. The van der Waals surface area contributed by atoms with Gasteiger partial charge in [0.15, 0.2) is 6.10 Å². The summed E-state index contributed by atoms with van der Waals surface area (Å²) >= 11 is 0. The predicted molar refractivity (Wildman–Crippen MR) is 102 cm³/mol. The van der Waals surface area contributed by atoms with Gasteiger partial charge in [-0.15, -0.1) is 0 Å². The summed E-state index contributed by atoms with van der Waals surface area (Å²) < 4.78 is 49.4. The Kier molecular flexibility index (Phi) is 7.41. The lowest BCUT2D eigenvalue weighted by molar-refractivity contribution is -0.148. The summed E-state index contributed by atoms with van der Waals surface area (Å²) in [5.41, 5.74) is -0.754. The Labute approximate surface area is 166 Å². The van der Waals surface area contributed by atoms with Crippen molar-refractivity contribution in [3.05, 3.63) is 65.7 Å². The van der Waals surface area contributed by atoms with E-state index < -0.39 is 35.4 Å². The van der Waals surface area contributed by atoms with Crippen molar-refractivity contribution in [2.24, 2.45) is 0 Å². The molecule has 0 radical (unpaired) electrons. The molecule has 5 nitrogen and oxygen atoms in total. The van der Waals surface area contributed by atoms with E-state index >= 15 is 0 Å². The number of para-hydroxylation sites is 2. The molecule has 154 valence electrons. The molecule has 0 aliphatic heterocycles. The largest absolute Gasteiger partial charge is 0.493 e. The van der Waals surface area contributed by atoms with Crippen molar-refractivity contribution in [2.45, 2.75) is 26.1 Å². The molecule has 0 spiro atoms. The van der Waals surface area contributed by atoms with Crippen LogP contribution in [-0.2, 0) is 20.5 Å². The van der Waals surface area contributed by atoms with Crippen LogP contribution in [0.5, 0.6) is 5.75 Å². The van der Waals surface area contributed by atoms with Gasteiger partial charge in [0.05, 0.1) is 17.9 Å². The normalized spacial score (nSPS) is 12.4. The maximum Gasteiger partial charge on any atom is 0.418 e. The van der Waals surface area contributed by atoms with Crippen LogP contribution >= 0.6 is 0 Å². The number of hydrogen-bond acceptors (Lipinski definition) is 4. The third-order valence-electron chi connectivity index (χ3n) is 3.77. The number of benzene rings is 2. The minimum Gasteiger partial charge on any atom is -0.493 e. The molecule has 2 aromatic rings. The maximum absolute atomic E-state index is 13.0. The highest BCUT2D eigenvalue weighted by atomic mass is 19.4. The second kappa shape index (κ2) is 9.77. The Morgan fingerprint density at radius 2 is 1.76 bits per heavy atom. The highest BCUT2D eigenvalue weighted by Gasteiger charge is 2.34. The van der Waals surface area contributed by atoms with Gasteiger partial charge in [-0.25, -0.2) is 4.79 Å². The molecule has 0 heterocycles. The number of carbonyl (C=O) groups excluding carboxylic acids is 2. The highest BCUT2D eigenvalue weighted by Crippen LogP contribution is 2.34. The molecule has 0 bridgehead atoms. The summed E-state index contributed by atoms with van der Waals surface area (Å²) in [6, 6.07) is 11.6. The molecule has 0 saturated heterocycles. The Hall–Kier alpha value is -3.29. The average Bonchev–Trinajstić information content (AvgIpc) is 2.67. The first-order chi connectivity index (χ1) is 13.7. The third-order valence-corrected chi connectivity index (χ3v) is 3.77. The van der Waals surface area contributed by atoms with Crippen LogP contribution in [0, 0.1) is 0 Å². The molecule has 0 aliphatic rings. The lowest BCUT2D eigenvalue weighted by Crippen LogP contribution is -2.30. The van der Waals surface area contributed by atoms with Gasteiger partial charge < -0.3 is 14.8 Å². The molecule has 1 N–H and O–H groups in total. The number of nitrogens with one attached hydrogen (secondary N) is 1. The third kappa shape index (κ3) is 6.38. The van der Waals surface area contributed by atoms with Gasteiger partial charge in [-0.3, -0.25) is 4.79 Å². The van der Waals surface area contributed by atoms with Crippen molar-refractivity contribution < 1.29 is 32.2 Å². The second-order valence-corrected chi connectivity index (χ2v) is 5.92. The number of halogens is 3. The van der Waals surface area contributed by atoms with Gasteiger partial charge in [0.2, 0.25) is 0 Å². The van der Waals surface area contributed by atoms with Crippen LogP contribution in [0.4, 0.5) is 18.9 Å². The van der Waals surface area contributed by atoms with E-state index in [0.717, 1.165) is 18.2 Å². The number of amides is 1. The Bertz CT molecular complexity index is 893. The molecule has 8 heteroatoms. The SMILES string of the molecule is CCOc1ccccc1/C=C/C(=O)O[C@@H](C)C(=O)Nc1ccccc1C(F)(F)F. The van der Waals surface area contributed by atoms with Gasteiger partial charge in [-0.2, -0.15) is 13.2 Å². The molecule has 2 aromatic carbocycles. The summed E-state index contributed by atoms with van der Waals surface area (Å²) in [7, 11) is 0. The molecule has 0 saturated carbocycles. The van der Waals surface area contributed by atoms with Gasteiger partial charge in [0.1, 0.15) is 5.75 Å². The molecule has 0 unspecified atom stereocenters. The molecule has 0 aliphatic carbocycles. The Morgan fingerprint density at radius 3 is 2.45 bits per heavy atom. The molecule has 0 fully saturated rings. The fourth-order valence-corrected chi connectivity index (χ4v) is 2.40. The number of anilines is 1. The first kappa shape index (κ1) is 22.0. The van der Waals surface area contributed by atoms with E-state index in [9.17, 15) is 22.8 Å². The monoisotopic (exact) mass is 407 g/mol. The number of rotatable bonds is 7. The average molecular weight is 407 g/mol. The van der Waals surface area contributed by atoms with E-state index in [-0.39, 0.29) is 0 Å². The zero-order valence-electron chi connectivity index (χ0n) is 15.8. The molecular weight excluding hydrogens is 387 g/mol. The Morgan fingerprint density at radius 1 is 1.10 bits per heavy atom. The van der Waals surface area contributed by atoms with Gasteiger partial charge in [0, 0.05) is 11.6 Å². The molecule has 1 amide bonds. The molecular formula is C21H20F3NO4. The number of carbonyl (C=O) groups is 2. The van der Waals surface area contributed by atoms with Gasteiger partial charge in [0.25, 0.3) is 5.91 Å². The van der Waals surface area contributed by atoms with E-state index in [1.165, 1.54) is 25.1 Å². The van der Waals surface area contributed by atoms with E-state index in [1.54, 1.807) is 24.3 Å². The van der Waals surface area contributed by atoms with Crippen LogP contribution < -0.4 is 10.1 Å². The van der Waals surface area contributed by atoms with Crippen LogP contribution in [0.1, 0.15) is 25.0 Å². The number of ether oxygens (including phenoxy) is 2. The van der Waals surface area contributed by atoms with Crippen LogP contribution in [0.15, 0.2) is 54.6 Å². The number of hydrogen-bond donors (Lipinski definition) is 1. The van der Waals surface area contributed by atoms with Gasteiger partial charge in [-0.05, 0) is 38.1 Å². The zero-order valence-corrected chi connectivity index (χ0v) is 15.8. The van der Waals surface area contributed by atoms with E-state index in [2.05, 4.69) is 5.32 Å². The lowest BCUT2D eigenvalue weighted by atomic mass is 10.1. The van der Waals surface area contributed by atoms with Crippen LogP contribution in [0.3, 0.4) is 0 Å². The van der Waals surface area contributed by atoms with Crippen molar-refractivity contribution in [2.75, 3.05) is 11.9 Å². The highest BCUT2D eigenvalue weighted by molar-refractivity contribution is 5.97. The summed E-state index contributed by atoms with van der Waals surface area (Å²) in [4.78, 5) is 24.1. The quantitative estimate of drug-likeness (QED) is 0.534. The van der Waals surface area contributed by atoms with Crippen molar-refractivity contribution in [3.8, 4) is 5.75 Å². The van der Waals surface area contributed by atoms with Crippen molar-refractivity contribution in [1.82, 2.24) is 0 Å². The van der Waals surface area contributed by atoms with Crippen molar-refractivity contribution in [1.29, 1.82) is 0 Å². The van der Waals surface area contributed by atoms with E-state index in [1.807, 2.05) is 6.92 Å². The van der Waals surface area contributed by atoms with Crippen LogP contribution in [0.2, 0.25) is 0 Å². The van der Waals surface area contributed by atoms with Gasteiger partial charge in [-0.1, -0.05) is 30.3 Å². The standard InChI is InChI=1S/C21H20F3NO4/c1-3-28-18-11-7-4-8-15(18)12-13-19(26)29-14(2)20(27)25-17-10-6-5-9-16(17)21(22,23)24/h4-14H,3H2,1-2H3,(H,25,27)/b13-12+/t14-/m0/s1. The first-order valence-electron chi connectivity index (χ1n) is 8.80. The summed E-state index contributed by atoms with van der Waals surface area (Å²) in [6.07, 6.45) is -3.33. The maximum atomic E-state index is 13.0. The zero-order chi connectivity index (χ0) is 21.4. The number of esters is 1. The minimum atomic E-state index is -4.62. The minimum absolute atomic E-state index is 0.408. The smallest absolute Gasteiger partial charge is 0.418 e. The second-order valence-electron chi connectivity index (χ2n) is 5.92. The molecule has 1 atom stereocenters. The van der Waals surface area contributed by atoms with Crippen molar-refractivity contribution >= 4 is 23.6 Å². The predicted octanol–water partition coefficient (Wildman–Crippen LogP) is 4.69. The van der Waals surface area contributed by atoms with E-state index in [0.29, 0.717) is 17.9 Å². The molecule has 29 heavy (non-hydrogen) atoms.